The molecule has 1 saturated heterocycles. The highest BCUT2D eigenvalue weighted by molar-refractivity contribution is 5.76. The van der Waals surface area contributed by atoms with Crippen LogP contribution in [0.15, 0.2) is 0 Å². The molecule has 17 heavy (non-hydrogen) atoms. The maximum atomic E-state index is 11.5. The van der Waals surface area contributed by atoms with Crippen molar-refractivity contribution < 1.29 is 9.53 Å². The molecule has 0 aliphatic carbocycles. The molecule has 1 amide bonds. The lowest BCUT2D eigenvalue weighted by atomic mass is 10.0. The zero-order valence-electron chi connectivity index (χ0n) is 11.1. The van der Waals surface area contributed by atoms with Gasteiger partial charge >= 0.3 is 0 Å². The number of amides is 1. The van der Waals surface area contributed by atoms with E-state index in [0.717, 1.165) is 32.5 Å². The Labute approximate surface area is 104 Å². The standard InChI is InChI=1S/C13H26N2O2/c1-11(2)4-7-17-8-6-15-13(16)9-12-3-5-14-10-12/h11-12,14H,3-10H2,1-2H3,(H,15,16). The second-order valence-electron chi connectivity index (χ2n) is 5.21. The van der Waals surface area contributed by atoms with Crippen molar-refractivity contribution in [2.75, 3.05) is 32.8 Å². The van der Waals surface area contributed by atoms with E-state index in [1.807, 2.05) is 0 Å². The van der Waals surface area contributed by atoms with Gasteiger partial charge in [-0.15, -0.1) is 0 Å². The zero-order valence-corrected chi connectivity index (χ0v) is 11.1. The molecular formula is C13H26N2O2. The van der Waals surface area contributed by atoms with Crippen molar-refractivity contribution >= 4 is 5.91 Å². The van der Waals surface area contributed by atoms with Crippen molar-refractivity contribution in [3.8, 4) is 0 Å². The minimum Gasteiger partial charge on any atom is -0.380 e. The molecular weight excluding hydrogens is 216 g/mol. The van der Waals surface area contributed by atoms with Gasteiger partial charge in [0.1, 0.15) is 0 Å². The minimum atomic E-state index is 0.158. The predicted octanol–water partition coefficient (Wildman–Crippen LogP) is 1.16. The van der Waals surface area contributed by atoms with Crippen molar-refractivity contribution in [2.24, 2.45) is 11.8 Å². The van der Waals surface area contributed by atoms with Gasteiger partial charge in [0.15, 0.2) is 0 Å². The molecule has 1 heterocycles. The van der Waals surface area contributed by atoms with Gasteiger partial charge in [-0.25, -0.2) is 0 Å². The summed E-state index contributed by atoms with van der Waals surface area (Å²) < 4.78 is 5.44. The van der Waals surface area contributed by atoms with E-state index in [1.165, 1.54) is 0 Å². The van der Waals surface area contributed by atoms with Gasteiger partial charge in [0.2, 0.25) is 5.91 Å². The summed E-state index contributed by atoms with van der Waals surface area (Å²) in [6.45, 7) is 8.45. The maximum absolute atomic E-state index is 11.5. The highest BCUT2D eigenvalue weighted by atomic mass is 16.5. The second-order valence-corrected chi connectivity index (χ2v) is 5.21. The number of carbonyl (C=O) groups excluding carboxylic acids is 1. The summed E-state index contributed by atoms with van der Waals surface area (Å²) in [5, 5.41) is 6.17. The number of carbonyl (C=O) groups is 1. The molecule has 2 N–H and O–H groups in total. The van der Waals surface area contributed by atoms with Gasteiger partial charge in [0, 0.05) is 19.6 Å². The van der Waals surface area contributed by atoms with Crippen LogP contribution >= 0.6 is 0 Å². The molecule has 1 fully saturated rings. The molecule has 0 aromatic rings. The first kappa shape index (κ1) is 14.5. The zero-order chi connectivity index (χ0) is 12.5. The van der Waals surface area contributed by atoms with Crippen LogP contribution in [-0.2, 0) is 9.53 Å². The van der Waals surface area contributed by atoms with Gasteiger partial charge < -0.3 is 15.4 Å². The van der Waals surface area contributed by atoms with Crippen LogP contribution in [0.25, 0.3) is 0 Å². The van der Waals surface area contributed by atoms with E-state index < -0.39 is 0 Å². The molecule has 4 heteroatoms. The summed E-state index contributed by atoms with van der Waals surface area (Å²) in [5.41, 5.74) is 0. The number of hydrogen-bond donors (Lipinski definition) is 2. The van der Waals surface area contributed by atoms with Crippen molar-refractivity contribution in [1.29, 1.82) is 0 Å². The molecule has 0 aromatic heterocycles. The fourth-order valence-corrected chi connectivity index (χ4v) is 1.91. The topological polar surface area (TPSA) is 50.4 Å². The lowest BCUT2D eigenvalue weighted by Gasteiger charge is -2.10. The summed E-state index contributed by atoms with van der Waals surface area (Å²) >= 11 is 0. The van der Waals surface area contributed by atoms with E-state index in [9.17, 15) is 4.79 Å². The van der Waals surface area contributed by atoms with Crippen LogP contribution in [0.3, 0.4) is 0 Å². The molecule has 4 nitrogen and oxygen atoms in total. The van der Waals surface area contributed by atoms with E-state index in [1.54, 1.807) is 0 Å². The molecule has 0 bridgehead atoms. The molecule has 0 spiro atoms. The number of hydrogen-bond acceptors (Lipinski definition) is 3. The molecule has 1 aliphatic heterocycles. The lowest BCUT2D eigenvalue weighted by molar-refractivity contribution is -0.122. The van der Waals surface area contributed by atoms with Gasteiger partial charge in [0.05, 0.1) is 6.61 Å². The Balaban J connectivity index is 1.89. The van der Waals surface area contributed by atoms with Crippen LogP contribution in [0.1, 0.15) is 33.1 Å². The summed E-state index contributed by atoms with van der Waals surface area (Å²) in [6.07, 6.45) is 2.86. The quantitative estimate of drug-likeness (QED) is 0.628. The third kappa shape index (κ3) is 7.34. The molecule has 0 aromatic carbocycles. The number of nitrogens with one attached hydrogen (secondary N) is 2. The molecule has 1 rings (SSSR count). The largest absolute Gasteiger partial charge is 0.380 e. The Kier molecular flexibility index (Phi) is 7.21. The summed E-state index contributed by atoms with van der Waals surface area (Å²) in [6, 6.07) is 0. The van der Waals surface area contributed by atoms with Gasteiger partial charge in [-0.3, -0.25) is 4.79 Å². The SMILES string of the molecule is CC(C)CCOCCNC(=O)CC1CCNC1. The van der Waals surface area contributed by atoms with Gasteiger partial charge in [-0.2, -0.15) is 0 Å². The monoisotopic (exact) mass is 242 g/mol. The summed E-state index contributed by atoms with van der Waals surface area (Å²) in [4.78, 5) is 11.5. The van der Waals surface area contributed by atoms with Crippen molar-refractivity contribution in [2.45, 2.75) is 33.1 Å². The lowest BCUT2D eigenvalue weighted by Crippen LogP contribution is -2.29. The van der Waals surface area contributed by atoms with Gasteiger partial charge in [-0.05, 0) is 37.8 Å². The smallest absolute Gasteiger partial charge is 0.220 e. The average Bonchev–Trinajstić information content (AvgIpc) is 2.75. The van der Waals surface area contributed by atoms with E-state index >= 15 is 0 Å². The van der Waals surface area contributed by atoms with Crippen LogP contribution in [0.5, 0.6) is 0 Å². The van der Waals surface area contributed by atoms with Gasteiger partial charge in [-0.1, -0.05) is 13.8 Å². The average molecular weight is 242 g/mol. The highest BCUT2D eigenvalue weighted by Crippen LogP contribution is 2.11. The normalized spacial score (nSPS) is 19.8. The van der Waals surface area contributed by atoms with E-state index in [4.69, 9.17) is 4.74 Å². The number of rotatable bonds is 8. The summed E-state index contributed by atoms with van der Waals surface area (Å²) in [7, 11) is 0. The summed E-state index contributed by atoms with van der Waals surface area (Å²) in [5.74, 6) is 1.36. The Bertz CT molecular complexity index is 213. The third-order valence-electron chi connectivity index (χ3n) is 3.04. The minimum absolute atomic E-state index is 0.158. The van der Waals surface area contributed by atoms with E-state index in [0.29, 0.717) is 31.4 Å². The van der Waals surface area contributed by atoms with Crippen LogP contribution in [0, 0.1) is 11.8 Å². The third-order valence-corrected chi connectivity index (χ3v) is 3.04. The Morgan fingerprint density at radius 3 is 2.94 bits per heavy atom. The predicted molar refractivity (Wildman–Crippen MR) is 68.9 cm³/mol. The highest BCUT2D eigenvalue weighted by Gasteiger charge is 2.17. The first-order valence-electron chi connectivity index (χ1n) is 6.73. The molecule has 1 unspecified atom stereocenters. The number of ether oxygens (including phenoxy) is 1. The molecule has 0 saturated carbocycles. The maximum Gasteiger partial charge on any atom is 0.220 e. The first-order chi connectivity index (χ1) is 8.18. The fraction of sp³-hybridized carbons (Fsp3) is 0.923. The molecule has 0 radical (unpaired) electrons. The van der Waals surface area contributed by atoms with Crippen LogP contribution < -0.4 is 10.6 Å². The van der Waals surface area contributed by atoms with Crippen LogP contribution in [0.2, 0.25) is 0 Å². The first-order valence-corrected chi connectivity index (χ1v) is 6.73. The van der Waals surface area contributed by atoms with Crippen LogP contribution in [-0.4, -0.2) is 38.8 Å². The Hall–Kier alpha value is -0.610. The van der Waals surface area contributed by atoms with Gasteiger partial charge in [0.25, 0.3) is 0 Å². The molecule has 1 atom stereocenters. The van der Waals surface area contributed by atoms with Crippen molar-refractivity contribution in [3.63, 3.8) is 0 Å². The van der Waals surface area contributed by atoms with Crippen molar-refractivity contribution in [1.82, 2.24) is 10.6 Å². The fourth-order valence-electron chi connectivity index (χ4n) is 1.91. The molecule has 1 aliphatic rings. The second kappa shape index (κ2) is 8.48. The Morgan fingerprint density at radius 1 is 1.47 bits per heavy atom. The van der Waals surface area contributed by atoms with Crippen LogP contribution in [0.4, 0.5) is 0 Å². The van der Waals surface area contributed by atoms with Crippen molar-refractivity contribution in [3.05, 3.63) is 0 Å². The Morgan fingerprint density at radius 2 is 2.29 bits per heavy atom. The van der Waals surface area contributed by atoms with E-state index in [-0.39, 0.29) is 5.91 Å². The molecule has 100 valence electrons. The van der Waals surface area contributed by atoms with E-state index in [2.05, 4.69) is 24.5 Å².